The molecule has 0 atom stereocenters. The van der Waals surface area contributed by atoms with Crippen LogP contribution in [0.4, 0.5) is 0 Å². The molecule has 0 saturated carbocycles. The van der Waals surface area contributed by atoms with E-state index in [0.29, 0.717) is 11.3 Å². The van der Waals surface area contributed by atoms with Crippen LogP contribution in [0.15, 0.2) is 65.3 Å². The fourth-order valence-corrected chi connectivity index (χ4v) is 3.16. The summed E-state index contributed by atoms with van der Waals surface area (Å²) in [6.07, 6.45) is 1.46. The van der Waals surface area contributed by atoms with Crippen molar-refractivity contribution >= 4 is 23.6 Å². The molecular weight excluding hydrogens is 386 g/mol. The Morgan fingerprint density at radius 2 is 1.63 bits per heavy atom. The number of benzene rings is 2. The third-order valence-corrected chi connectivity index (χ3v) is 4.81. The predicted molar refractivity (Wildman–Crippen MR) is 105 cm³/mol. The van der Waals surface area contributed by atoms with Crippen molar-refractivity contribution in [3.63, 3.8) is 0 Å². The second-order valence-corrected chi connectivity index (χ2v) is 6.90. The average molecular weight is 403 g/mol. The maximum Gasteiger partial charge on any atom is 0.338 e. The molecular formula is C23H17NO6. The number of amides is 2. The lowest BCUT2D eigenvalue weighted by atomic mass is 10.1. The smallest absolute Gasteiger partial charge is 0.338 e. The number of carbonyl (C=O) groups excluding carboxylic acids is 4. The molecule has 1 aliphatic heterocycles. The minimum absolute atomic E-state index is 0.00415. The van der Waals surface area contributed by atoms with Gasteiger partial charge in [0.25, 0.3) is 11.8 Å². The summed E-state index contributed by atoms with van der Waals surface area (Å²) in [6, 6.07) is 14.4. The second-order valence-electron chi connectivity index (χ2n) is 6.90. The van der Waals surface area contributed by atoms with Crippen molar-refractivity contribution in [3.8, 4) is 0 Å². The number of carbonyl (C=O) groups is 4. The van der Waals surface area contributed by atoms with Gasteiger partial charge in [0.1, 0.15) is 5.76 Å². The molecule has 3 aromatic rings. The number of hydrogen-bond donors (Lipinski definition) is 0. The van der Waals surface area contributed by atoms with Crippen LogP contribution in [0.5, 0.6) is 0 Å². The Labute approximate surface area is 171 Å². The van der Waals surface area contributed by atoms with Crippen LogP contribution in [0.25, 0.3) is 0 Å². The first-order chi connectivity index (χ1) is 14.4. The fraction of sp³-hybridized carbons (Fsp3) is 0.130. The molecule has 0 fully saturated rings. The van der Waals surface area contributed by atoms with E-state index in [2.05, 4.69) is 0 Å². The summed E-state index contributed by atoms with van der Waals surface area (Å²) in [5.41, 5.74) is 1.87. The summed E-state index contributed by atoms with van der Waals surface area (Å²) in [5.74, 6) is -1.58. The lowest BCUT2D eigenvalue weighted by Crippen LogP contribution is -2.28. The summed E-state index contributed by atoms with van der Waals surface area (Å²) < 4.78 is 10.3. The number of hydrogen-bond acceptors (Lipinski definition) is 6. The average Bonchev–Trinajstić information content (AvgIpc) is 3.35. The number of Topliss-reactive ketones (excluding diaryl/α,β-unsaturated/α-hetero) is 1. The van der Waals surface area contributed by atoms with Gasteiger partial charge in [-0.1, -0.05) is 29.8 Å². The SMILES string of the molecule is Cc1ccc(C(=O)COC(=O)c2ccc3c(c2)C(=O)N(Cc2ccco2)C3=O)cc1. The Morgan fingerprint density at radius 3 is 2.33 bits per heavy atom. The van der Waals surface area contributed by atoms with Crippen LogP contribution in [-0.2, 0) is 11.3 Å². The highest BCUT2D eigenvalue weighted by Crippen LogP contribution is 2.26. The van der Waals surface area contributed by atoms with Gasteiger partial charge in [-0.25, -0.2) is 4.79 Å². The Balaban J connectivity index is 1.45. The molecule has 0 bridgehead atoms. The standard InChI is InChI=1S/C23H17NO6/c1-14-4-6-15(7-5-14)20(25)13-30-23(28)16-8-9-18-19(11-16)22(27)24(21(18)26)12-17-3-2-10-29-17/h2-11H,12-13H2,1H3. The van der Waals surface area contributed by atoms with E-state index >= 15 is 0 Å². The number of aryl methyl sites for hydroxylation is 1. The van der Waals surface area contributed by atoms with Crippen LogP contribution in [0.1, 0.15) is 52.8 Å². The van der Waals surface area contributed by atoms with Crippen molar-refractivity contribution in [2.24, 2.45) is 0 Å². The number of esters is 1. The molecule has 0 aliphatic carbocycles. The van der Waals surface area contributed by atoms with Crippen LogP contribution in [0.2, 0.25) is 0 Å². The molecule has 0 saturated heterocycles. The summed E-state index contributed by atoms with van der Waals surface area (Å²) in [6.45, 7) is 1.49. The van der Waals surface area contributed by atoms with Gasteiger partial charge < -0.3 is 9.15 Å². The molecule has 1 aliphatic rings. The zero-order valence-electron chi connectivity index (χ0n) is 16.1. The minimum Gasteiger partial charge on any atom is -0.467 e. The van der Waals surface area contributed by atoms with E-state index in [1.807, 2.05) is 6.92 Å². The highest BCUT2D eigenvalue weighted by Gasteiger charge is 2.36. The number of nitrogens with zero attached hydrogens (tertiary/aromatic N) is 1. The molecule has 7 heteroatoms. The Bertz CT molecular complexity index is 1140. The third kappa shape index (κ3) is 3.65. The summed E-state index contributed by atoms with van der Waals surface area (Å²) >= 11 is 0. The van der Waals surface area contributed by atoms with Crippen molar-refractivity contribution in [1.82, 2.24) is 4.90 Å². The van der Waals surface area contributed by atoms with Gasteiger partial charge in [0.15, 0.2) is 12.4 Å². The van der Waals surface area contributed by atoms with Crippen molar-refractivity contribution < 1.29 is 28.3 Å². The molecule has 2 aromatic carbocycles. The van der Waals surface area contributed by atoms with E-state index in [1.165, 1.54) is 24.5 Å². The van der Waals surface area contributed by atoms with E-state index in [0.717, 1.165) is 10.5 Å². The van der Waals surface area contributed by atoms with E-state index in [1.54, 1.807) is 36.4 Å². The molecule has 2 amide bonds. The molecule has 0 N–H and O–H groups in total. The number of furan rings is 1. The highest BCUT2D eigenvalue weighted by molar-refractivity contribution is 6.21. The highest BCUT2D eigenvalue weighted by atomic mass is 16.5. The first kappa shape index (κ1) is 19.3. The maximum absolute atomic E-state index is 12.6. The van der Waals surface area contributed by atoms with Gasteiger partial charge in [0.05, 0.1) is 29.5 Å². The van der Waals surface area contributed by atoms with E-state index in [4.69, 9.17) is 9.15 Å². The molecule has 150 valence electrons. The first-order valence-electron chi connectivity index (χ1n) is 9.23. The van der Waals surface area contributed by atoms with Gasteiger partial charge in [-0.2, -0.15) is 0 Å². The summed E-state index contributed by atoms with van der Waals surface area (Å²) in [7, 11) is 0. The van der Waals surface area contributed by atoms with Crippen LogP contribution >= 0.6 is 0 Å². The fourth-order valence-electron chi connectivity index (χ4n) is 3.16. The lowest BCUT2D eigenvalue weighted by Gasteiger charge is -2.11. The van der Waals surface area contributed by atoms with E-state index < -0.39 is 24.4 Å². The number of rotatable bonds is 6. The second kappa shape index (κ2) is 7.79. The Morgan fingerprint density at radius 1 is 0.933 bits per heavy atom. The number of ether oxygens (including phenoxy) is 1. The molecule has 1 aromatic heterocycles. The molecule has 0 radical (unpaired) electrons. The van der Waals surface area contributed by atoms with Gasteiger partial charge in [-0.05, 0) is 37.3 Å². The van der Waals surface area contributed by atoms with Crippen LogP contribution in [0.3, 0.4) is 0 Å². The van der Waals surface area contributed by atoms with Crippen molar-refractivity contribution in [2.75, 3.05) is 6.61 Å². The molecule has 7 nitrogen and oxygen atoms in total. The molecule has 0 unspecified atom stereocenters. The zero-order valence-corrected chi connectivity index (χ0v) is 16.1. The van der Waals surface area contributed by atoms with Gasteiger partial charge >= 0.3 is 5.97 Å². The summed E-state index contributed by atoms with van der Waals surface area (Å²) in [4.78, 5) is 50.8. The van der Waals surface area contributed by atoms with Gasteiger partial charge in [-0.15, -0.1) is 0 Å². The number of fused-ring (bicyclic) bond motifs is 1. The monoisotopic (exact) mass is 403 g/mol. The van der Waals surface area contributed by atoms with Crippen LogP contribution in [-0.4, -0.2) is 35.1 Å². The number of imide groups is 1. The zero-order chi connectivity index (χ0) is 21.3. The van der Waals surface area contributed by atoms with Crippen LogP contribution in [0, 0.1) is 6.92 Å². The first-order valence-corrected chi connectivity index (χ1v) is 9.23. The van der Waals surface area contributed by atoms with E-state index in [-0.39, 0.29) is 29.0 Å². The molecule has 30 heavy (non-hydrogen) atoms. The normalized spacial score (nSPS) is 12.8. The quantitative estimate of drug-likeness (QED) is 0.356. The van der Waals surface area contributed by atoms with E-state index in [9.17, 15) is 19.2 Å². The number of ketones is 1. The van der Waals surface area contributed by atoms with Crippen molar-refractivity contribution in [3.05, 3.63) is 94.4 Å². The Kier molecular flexibility index (Phi) is 5.02. The molecule has 0 spiro atoms. The topological polar surface area (TPSA) is 93.9 Å². The largest absolute Gasteiger partial charge is 0.467 e. The van der Waals surface area contributed by atoms with Crippen molar-refractivity contribution in [1.29, 1.82) is 0 Å². The third-order valence-electron chi connectivity index (χ3n) is 4.81. The molecule has 4 rings (SSSR count). The maximum atomic E-state index is 12.6. The van der Waals surface area contributed by atoms with Gasteiger partial charge in [0, 0.05) is 5.56 Å². The van der Waals surface area contributed by atoms with Gasteiger partial charge in [0.2, 0.25) is 0 Å². The minimum atomic E-state index is -0.747. The summed E-state index contributed by atoms with van der Waals surface area (Å²) in [5, 5.41) is 0. The van der Waals surface area contributed by atoms with Crippen molar-refractivity contribution in [2.45, 2.75) is 13.5 Å². The lowest BCUT2D eigenvalue weighted by molar-refractivity contribution is 0.0474. The molecule has 2 heterocycles. The van der Waals surface area contributed by atoms with Gasteiger partial charge in [-0.3, -0.25) is 19.3 Å². The predicted octanol–water partition coefficient (Wildman–Crippen LogP) is 3.42. The van der Waals surface area contributed by atoms with Crippen LogP contribution < -0.4 is 0 Å². The Hall–Kier alpha value is -4.00.